The number of nitrogens with zero attached hydrogens (tertiary/aromatic N) is 4. The molecule has 0 fully saturated rings. The van der Waals surface area contributed by atoms with Crippen LogP contribution in [0.2, 0.25) is 0 Å². The van der Waals surface area contributed by atoms with Crippen LogP contribution in [0, 0.1) is 6.92 Å². The molecule has 2 aromatic heterocycles. The minimum absolute atomic E-state index is 0.346. The summed E-state index contributed by atoms with van der Waals surface area (Å²) >= 11 is 0. The summed E-state index contributed by atoms with van der Waals surface area (Å²) in [4.78, 5) is 15.6. The van der Waals surface area contributed by atoms with Gasteiger partial charge in [0.2, 0.25) is 0 Å². The van der Waals surface area contributed by atoms with Crippen molar-refractivity contribution in [3.8, 4) is 0 Å². The summed E-state index contributed by atoms with van der Waals surface area (Å²) < 4.78 is 0. The van der Waals surface area contributed by atoms with E-state index in [0.717, 1.165) is 43.0 Å². The van der Waals surface area contributed by atoms with Gasteiger partial charge in [-0.2, -0.15) is 0 Å². The van der Waals surface area contributed by atoms with Gasteiger partial charge < -0.3 is 16.0 Å². The molecule has 0 bridgehead atoms. The maximum Gasteiger partial charge on any atom is 0.182 e. The van der Waals surface area contributed by atoms with Crippen LogP contribution in [0.5, 0.6) is 0 Å². The third-order valence-corrected chi connectivity index (χ3v) is 4.06. The lowest BCUT2D eigenvalue weighted by atomic mass is 10.1. The van der Waals surface area contributed by atoms with Crippen molar-refractivity contribution in [1.29, 1.82) is 0 Å². The zero-order valence-electron chi connectivity index (χ0n) is 14.6. The molecule has 0 radical (unpaired) electrons. The summed E-state index contributed by atoms with van der Waals surface area (Å²) in [6.07, 6.45) is 4.02. The number of aryl methyl sites for hydroxylation is 1. The first kappa shape index (κ1) is 17.4. The molecule has 6 nitrogen and oxygen atoms in total. The second-order valence-corrected chi connectivity index (χ2v) is 5.99. The van der Waals surface area contributed by atoms with Gasteiger partial charge in [0.1, 0.15) is 11.3 Å². The Morgan fingerprint density at radius 3 is 2.70 bits per heavy atom. The lowest BCUT2D eigenvalue weighted by molar-refractivity contribution is 0.295. The van der Waals surface area contributed by atoms with Crippen LogP contribution in [0.4, 0.5) is 11.5 Å². The molecule has 0 saturated heterocycles. The molecular formula is C17H28N6. The van der Waals surface area contributed by atoms with Crippen LogP contribution in [0.1, 0.15) is 39.3 Å². The van der Waals surface area contributed by atoms with E-state index in [1.54, 1.807) is 6.20 Å². The highest BCUT2D eigenvalue weighted by molar-refractivity contribution is 5.86. The third kappa shape index (κ3) is 4.76. The van der Waals surface area contributed by atoms with E-state index in [9.17, 15) is 0 Å². The van der Waals surface area contributed by atoms with Gasteiger partial charge in [0.05, 0.1) is 11.4 Å². The van der Waals surface area contributed by atoms with E-state index < -0.39 is 0 Å². The lowest BCUT2D eigenvalue weighted by Crippen LogP contribution is -2.25. The monoisotopic (exact) mass is 316 g/mol. The highest BCUT2D eigenvalue weighted by atomic mass is 15.1. The van der Waals surface area contributed by atoms with E-state index >= 15 is 0 Å². The van der Waals surface area contributed by atoms with E-state index in [2.05, 4.69) is 45.9 Å². The van der Waals surface area contributed by atoms with Gasteiger partial charge in [-0.25, -0.2) is 15.0 Å². The molecule has 1 unspecified atom stereocenters. The first-order valence-corrected chi connectivity index (χ1v) is 8.42. The van der Waals surface area contributed by atoms with Gasteiger partial charge in [0.25, 0.3) is 0 Å². The molecule has 0 aliphatic rings. The molecule has 2 aromatic rings. The predicted molar refractivity (Wildman–Crippen MR) is 96.6 cm³/mol. The van der Waals surface area contributed by atoms with Gasteiger partial charge in [-0.3, -0.25) is 0 Å². The van der Waals surface area contributed by atoms with Crippen molar-refractivity contribution in [2.45, 2.75) is 46.6 Å². The molecule has 0 aliphatic carbocycles. The molecule has 0 saturated carbocycles. The van der Waals surface area contributed by atoms with Crippen LogP contribution in [0.25, 0.3) is 11.2 Å². The van der Waals surface area contributed by atoms with Crippen molar-refractivity contribution in [2.24, 2.45) is 0 Å². The summed E-state index contributed by atoms with van der Waals surface area (Å²) in [5.74, 6) is 0.468. The van der Waals surface area contributed by atoms with Crippen molar-refractivity contribution < 1.29 is 0 Å². The molecule has 0 aromatic carbocycles. The summed E-state index contributed by atoms with van der Waals surface area (Å²) in [5.41, 5.74) is 9.03. The van der Waals surface area contributed by atoms with Crippen LogP contribution >= 0.6 is 0 Å². The van der Waals surface area contributed by atoms with Gasteiger partial charge in [0.15, 0.2) is 5.65 Å². The van der Waals surface area contributed by atoms with E-state index in [0.29, 0.717) is 17.5 Å². The Kier molecular flexibility index (Phi) is 6.10. The Bertz CT molecular complexity index is 633. The van der Waals surface area contributed by atoms with E-state index in [4.69, 9.17) is 5.73 Å². The summed E-state index contributed by atoms with van der Waals surface area (Å²) in [6.45, 7) is 11.9. The predicted octanol–water partition coefficient (Wildman–Crippen LogP) is 2.84. The highest BCUT2D eigenvalue weighted by Crippen LogP contribution is 2.22. The summed E-state index contributed by atoms with van der Waals surface area (Å²) in [5, 5.41) is 3.51. The fourth-order valence-corrected chi connectivity index (χ4v) is 2.71. The van der Waals surface area contributed by atoms with Crippen LogP contribution < -0.4 is 11.1 Å². The number of nitrogen functional groups attached to an aromatic ring is 1. The molecule has 2 heterocycles. The average molecular weight is 316 g/mol. The van der Waals surface area contributed by atoms with Crippen LogP contribution in [-0.4, -0.2) is 45.5 Å². The molecular weight excluding hydrogens is 288 g/mol. The molecule has 23 heavy (non-hydrogen) atoms. The Labute approximate surface area is 138 Å². The molecule has 6 heteroatoms. The molecule has 0 amide bonds. The summed E-state index contributed by atoms with van der Waals surface area (Å²) in [6, 6.07) is 2.19. The standard InChI is InChI=1S/C17H28N6/c1-5-23(6-2)9-7-8-12(3)20-14-10-15(18)22-17-16(14)19-11-13(4)21-17/h10-12H,5-9H2,1-4H3,(H3,18,20,21,22). The van der Waals surface area contributed by atoms with Crippen molar-refractivity contribution in [3.05, 3.63) is 18.0 Å². The number of hydrogen-bond acceptors (Lipinski definition) is 6. The minimum atomic E-state index is 0.346. The number of fused-ring (bicyclic) bond motifs is 1. The first-order chi connectivity index (χ1) is 11.0. The molecule has 0 spiro atoms. The normalized spacial score (nSPS) is 12.7. The first-order valence-electron chi connectivity index (χ1n) is 8.42. The van der Waals surface area contributed by atoms with Gasteiger partial charge in [0, 0.05) is 18.3 Å². The SMILES string of the molecule is CCN(CC)CCCC(C)Nc1cc(N)nc2nc(C)cnc12. The average Bonchev–Trinajstić information content (AvgIpc) is 2.51. The van der Waals surface area contributed by atoms with Gasteiger partial charge in [-0.15, -0.1) is 0 Å². The molecule has 2 rings (SSSR count). The number of aromatic nitrogens is 3. The fraction of sp³-hybridized carbons (Fsp3) is 0.588. The summed E-state index contributed by atoms with van der Waals surface area (Å²) in [7, 11) is 0. The Hall–Kier alpha value is -1.95. The Morgan fingerprint density at radius 1 is 1.26 bits per heavy atom. The molecule has 3 N–H and O–H groups in total. The Morgan fingerprint density at radius 2 is 2.00 bits per heavy atom. The highest BCUT2D eigenvalue weighted by Gasteiger charge is 2.10. The van der Waals surface area contributed by atoms with Crippen molar-refractivity contribution in [1.82, 2.24) is 19.9 Å². The lowest BCUT2D eigenvalue weighted by Gasteiger charge is -2.20. The zero-order chi connectivity index (χ0) is 16.8. The zero-order valence-corrected chi connectivity index (χ0v) is 14.6. The topological polar surface area (TPSA) is 80.0 Å². The minimum Gasteiger partial charge on any atom is -0.384 e. The van der Waals surface area contributed by atoms with Crippen molar-refractivity contribution >= 4 is 22.7 Å². The largest absolute Gasteiger partial charge is 0.384 e. The molecule has 126 valence electrons. The smallest absolute Gasteiger partial charge is 0.182 e. The van der Waals surface area contributed by atoms with Crippen LogP contribution in [-0.2, 0) is 0 Å². The number of anilines is 2. The number of nitrogens with one attached hydrogen (secondary N) is 1. The van der Waals surface area contributed by atoms with Crippen molar-refractivity contribution in [2.75, 3.05) is 30.7 Å². The van der Waals surface area contributed by atoms with Gasteiger partial charge >= 0.3 is 0 Å². The van der Waals surface area contributed by atoms with E-state index in [1.165, 1.54) is 6.42 Å². The number of pyridine rings is 1. The maximum atomic E-state index is 5.90. The second-order valence-electron chi connectivity index (χ2n) is 5.99. The maximum absolute atomic E-state index is 5.90. The number of hydrogen-bond donors (Lipinski definition) is 2. The molecule has 0 aliphatic heterocycles. The van der Waals surface area contributed by atoms with Gasteiger partial charge in [-0.05, 0) is 46.3 Å². The van der Waals surface area contributed by atoms with Gasteiger partial charge in [-0.1, -0.05) is 13.8 Å². The third-order valence-electron chi connectivity index (χ3n) is 4.06. The van der Waals surface area contributed by atoms with E-state index in [-0.39, 0.29) is 0 Å². The van der Waals surface area contributed by atoms with Crippen LogP contribution in [0.3, 0.4) is 0 Å². The van der Waals surface area contributed by atoms with E-state index in [1.807, 2.05) is 13.0 Å². The quantitative estimate of drug-likeness (QED) is 0.779. The number of nitrogens with two attached hydrogens (primary N) is 1. The Balaban J connectivity index is 2.03. The fourth-order valence-electron chi connectivity index (χ4n) is 2.71. The van der Waals surface area contributed by atoms with Crippen molar-refractivity contribution in [3.63, 3.8) is 0 Å². The molecule has 1 atom stereocenters. The van der Waals surface area contributed by atoms with Crippen LogP contribution in [0.15, 0.2) is 12.3 Å². The number of rotatable bonds is 8. The second kappa shape index (κ2) is 8.06.